The summed E-state index contributed by atoms with van der Waals surface area (Å²) in [4.78, 5) is 13.5. The van der Waals surface area contributed by atoms with Crippen molar-refractivity contribution in [3.63, 3.8) is 0 Å². The van der Waals surface area contributed by atoms with E-state index < -0.39 is 0 Å². The molecule has 0 saturated carbocycles. The number of halogens is 1. The molecule has 2 heterocycles. The maximum atomic E-state index is 12.2. The van der Waals surface area contributed by atoms with Gasteiger partial charge in [0.2, 0.25) is 0 Å². The van der Waals surface area contributed by atoms with Crippen LogP contribution in [0.2, 0.25) is 5.02 Å². The van der Waals surface area contributed by atoms with E-state index in [9.17, 15) is 4.79 Å². The fourth-order valence-corrected chi connectivity index (χ4v) is 2.93. The van der Waals surface area contributed by atoms with Crippen molar-refractivity contribution < 1.29 is 0 Å². The smallest absolute Gasteiger partial charge is 0.292 e. The van der Waals surface area contributed by atoms with E-state index in [1.807, 2.05) is 11.4 Å². The first-order chi connectivity index (χ1) is 9.95. The number of nitrogens with one attached hydrogen (secondary N) is 1. The van der Waals surface area contributed by atoms with Crippen LogP contribution in [-0.2, 0) is 12.0 Å². The van der Waals surface area contributed by atoms with Gasteiger partial charge in [0.05, 0.1) is 11.2 Å². The summed E-state index contributed by atoms with van der Waals surface area (Å²) in [5.74, 6) is 2.40. The van der Waals surface area contributed by atoms with Gasteiger partial charge in [0.15, 0.2) is 0 Å². The minimum atomic E-state index is -0.303. The molecule has 1 N–H and O–H groups in total. The van der Waals surface area contributed by atoms with Crippen molar-refractivity contribution in [3.8, 4) is 12.3 Å². The number of hydrogen-bond donors (Lipinski definition) is 1. The van der Waals surface area contributed by atoms with Crippen LogP contribution in [-0.4, -0.2) is 16.3 Å². The molecule has 2 aromatic heterocycles. The fourth-order valence-electron chi connectivity index (χ4n) is 1.89. The SMILES string of the molecule is C#CCn1ncc(Cl)c(NCC(C)(C)c2cccs2)c1=O. The average molecular weight is 322 g/mol. The number of terminal acetylenes is 1. The Morgan fingerprint density at radius 1 is 1.57 bits per heavy atom. The highest BCUT2D eigenvalue weighted by atomic mass is 35.5. The van der Waals surface area contributed by atoms with Crippen LogP contribution in [0.3, 0.4) is 0 Å². The molecule has 4 nitrogen and oxygen atoms in total. The highest BCUT2D eigenvalue weighted by Crippen LogP contribution is 2.28. The summed E-state index contributed by atoms with van der Waals surface area (Å²) in [6.07, 6.45) is 6.65. The molecule has 0 spiro atoms. The Labute approximate surface area is 132 Å². The number of rotatable bonds is 5. The molecule has 0 bridgehead atoms. The Morgan fingerprint density at radius 2 is 2.33 bits per heavy atom. The van der Waals surface area contributed by atoms with Gasteiger partial charge >= 0.3 is 0 Å². The topological polar surface area (TPSA) is 46.9 Å². The Hall–Kier alpha value is -1.77. The molecule has 6 heteroatoms. The van der Waals surface area contributed by atoms with E-state index in [1.54, 1.807) is 11.3 Å². The molecular weight excluding hydrogens is 306 g/mol. The third-order valence-electron chi connectivity index (χ3n) is 3.13. The number of hydrogen-bond acceptors (Lipinski definition) is 4. The van der Waals surface area contributed by atoms with E-state index in [0.29, 0.717) is 17.3 Å². The maximum absolute atomic E-state index is 12.2. The van der Waals surface area contributed by atoms with Gasteiger partial charge in [-0.25, -0.2) is 4.68 Å². The molecule has 110 valence electrons. The van der Waals surface area contributed by atoms with E-state index in [0.717, 1.165) is 0 Å². The third-order valence-corrected chi connectivity index (χ3v) is 4.66. The number of anilines is 1. The van der Waals surface area contributed by atoms with E-state index in [2.05, 4.69) is 36.2 Å². The molecule has 0 atom stereocenters. The Bertz CT molecular complexity index is 714. The molecule has 0 aliphatic rings. The largest absolute Gasteiger partial charge is 0.378 e. The van der Waals surface area contributed by atoms with Crippen LogP contribution >= 0.6 is 22.9 Å². The van der Waals surface area contributed by atoms with Crippen molar-refractivity contribution in [2.45, 2.75) is 25.8 Å². The van der Waals surface area contributed by atoms with Gasteiger partial charge in [-0.15, -0.1) is 17.8 Å². The van der Waals surface area contributed by atoms with Gasteiger partial charge in [-0.1, -0.05) is 37.4 Å². The molecule has 0 radical (unpaired) electrons. The van der Waals surface area contributed by atoms with Crippen LogP contribution in [0.25, 0.3) is 0 Å². The predicted octanol–water partition coefficient (Wildman–Crippen LogP) is 2.98. The number of aromatic nitrogens is 2. The zero-order valence-electron chi connectivity index (χ0n) is 11.9. The molecule has 0 fully saturated rings. The number of nitrogens with zero attached hydrogens (tertiary/aromatic N) is 2. The van der Waals surface area contributed by atoms with Gasteiger partial charge in [0, 0.05) is 16.8 Å². The van der Waals surface area contributed by atoms with Crippen molar-refractivity contribution in [2.75, 3.05) is 11.9 Å². The molecule has 2 rings (SSSR count). The maximum Gasteiger partial charge on any atom is 0.292 e. The molecule has 2 aromatic rings. The molecular formula is C15H16ClN3OS. The van der Waals surface area contributed by atoms with Crippen LogP contribution in [0.1, 0.15) is 18.7 Å². The minimum Gasteiger partial charge on any atom is -0.378 e. The summed E-state index contributed by atoms with van der Waals surface area (Å²) in [7, 11) is 0. The Balaban J connectivity index is 2.23. The molecule has 0 aromatic carbocycles. The average Bonchev–Trinajstić information content (AvgIpc) is 2.97. The summed E-state index contributed by atoms with van der Waals surface area (Å²) in [6.45, 7) is 4.93. The van der Waals surface area contributed by atoms with Crippen molar-refractivity contribution in [3.05, 3.63) is 44.0 Å². The highest BCUT2D eigenvalue weighted by molar-refractivity contribution is 7.10. The van der Waals surface area contributed by atoms with Gasteiger partial charge in [-0.05, 0) is 11.4 Å². The summed E-state index contributed by atoms with van der Waals surface area (Å²) in [5.41, 5.74) is -0.0709. The predicted molar refractivity (Wildman–Crippen MR) is 88.2 cm³/mol. The molecule has 21 heavy (non-hydrogen) atoms. The fraction of sp³-hybridized carbons (Fsp3) is 0.333. The highest BCUT2D eigenvalue weighted by Gasteiger charge is 2.22. The first kappa shape index (κ1) is 15.6. The van der Waals surface area contributed by atoms with Crippen LogP contribution in [0.4, 0.5) is 5.69 Å². The van der Waals surface area contributed by atoms with Crippen LogP contribution in [0.15, 0.2) is 28.5 Å². The van der Waals surface area contributed by atoms with Crippen LogP contribution < -0.4 is 10.9 Å². The normalized spacial score (nSPS) is 11.1. The molecule has 0 amide bonds. The second kappa shape index (κ2) is 6.33. The van der Waals surface area contributed by atoms with Gasteiger partial charge in [0.1, 0.15) is 12.2 Å². The van der Waals surface area contributed by atoms with Crippen LogP contribution in [0, 0.1) is 12.3 Å². The molecule has 0 saturated heterocycles. The Kier molecular flexibility index (Phi) is 4.71. The first-order valence-corrected chi connectivity index (χ1v) is 7.68. The van der Waals surface area contributed by atoms with Crippen molar-refractivity contribution in [2.24, 2.45) is 0 Å². The van der Waals surface area contributed by atoms with Crippen molar-refractivity contribution in [1.82, 2.24) is 9.78 Å². The van der Waals surface area contributed by atoms with E-state index >= 15 is 0 Å². The first-order valence-electron chi connectivity index (χ1n) is 6.42. The van der Waals surface area contributed by atoms with Gasteiger partial charge in [-0.3, -0.25) is 4.79 Å². The van der Waals surface area contributed by atoms with Gasteiger partial charge in [0.25, 0.3) is 5.56 Å². The number of thiophene rings is 1. The molecule has 0 aliphatic heterocycles. The van der Waals surface area contributed by atoms with Crippen molar-refractivity contribution >= 4 is 28.6 Å². The van der Waals surface area contributed by atoms with E-state index in [-0.39, 0.29) is 17.5 Å². The van der Waals surface area contributed by atoms with E-state index in [1.165, 1.54) is 15.8 Å². The zero-order valence-corrected chi connectivity index (χ0v) is 13.5. The monoisotopic (exact) mass is 321 g/mol. The van der Waals surface area contributed by atoms with Gasteiger partial charge < -0.3 is 5.32 Å². The summed E-state index contributed by atoms with van der Waals surface area (Å²) in [5, 5.41) is 9.39. The second-order valence-electron chi connectivity index (χ2n) is 5.25. The quantitative estimate of drug-likeness (QED) is 0.861. The lowest BCUT2D eigenvalue weighted by Gasteiger charge is -2.24. The lowest BCUT2D eigenvalue weighted by atomic mass is 9.91. The van der Waals surface area contributed by atoms with Gasteiger partial charge in [-0.2, -0.15) is 5.10 Å². The third kappa shape index (κ3) is 3.46. The van der Waals surface area contributed by atoms with E-state index in [4.69, 9.17) is 18.0 Å². The summed E-state index contributed by atoms with van der Waals surface area (Å²) in [6, 6.07) is 4.10. The zero-order chi connectivity index (χ0) is 15.5. The lowest BCUT2D eigenvalue weighted by molar-refractivity contribution is 0.567. The van der Waals surface area contributed by atoms with Crippen molar-refractivity contribution in [1.29, 1.82) is 0 Å². The summed E-state index contributed by atoms with van der Waals surface area (Å²) >= 11 is 7.76. The lowest BCUT2D eigenvalue weighted by Crippen LogP contribution is -2.31. The summed E-state index contributed by atoms with van der Waals surface area (Å²) < 4.78 is 1.21. The standard InChI is InChI=1S/C15H16ClN3OS/c1-4-7-19-14(20)13(11(16)9-18-19)17-10-15(2,3)12-6-5-8-21-12/h1,5-6,8-9,17H,7,10H2,2-3H3. The van der Waals surface area contributed by atoms with Crippen LogP contribution in [0.5, 0.6) is 0 Å². The Morgan fingerprint density at radius 3 is 2.95 bits per heavy atom. The second-order valence-corrected chi connectivity index (χ2v) is 6.60. The molecule has 0 aliphatic carbocycles. The molecule has 0 unspecified atom stereocenters. The minimum absolute atomic E-state index is 0.107.